The van der Waals surface area contributed by atoms with Crippen LogP contribution in [0.25, 0.3) is 0 Å². The number of fused-ring (bicyclic) bond motifs is 1. The molecule has 1 aromatic carbocycles. The molecule has 28 heavy (non-hydrogen) atoms. The number of benzene rings is 1. The zero-order chi connectivity index (χ0) is 19.5. The zero-order valence-electron chi connectivity index (χ0n) is 16.1. The summed E-state index contributed by atoms with van der Waals surface area (Å²) in [4.78, 5) is 36.7. The number of aryl methyl sites for hydroxylation is 1. The fraction of sp³-hybridized carbons (Fsp3) is 0.450. The molecule has 7 nitrogen and oxygen atoms in total. The van der Waals surface area contributed by atoms with Gasteiger partial charge in [0.05, 0.1) is 18.0 Å². The standard InChI is InChI=1S/C20H25N5O2S/c1-22-10-7-21-18(22)13-23-8-4-9-24(12-11-23)19(26)14-25-16-5-2-3-6-17(16)28-15-20(25)27/h2-3,5-7,10H,4,8-9,11-15H2,1H3. The summed E-state index contributed by atoms with van der Waals surface area (Å²) in [6, 6.07) is 7.80. The number of hydrogen-bond donors (Lipinski definition) is 0. The average Bonchev–Trinajstić information content (AvgIpc) is 2.96. The minimum atomic E-state index is 0.00304. The molecule has 3 heterocycles. The molecule has 2 amide bonds. The molecule has 0 aliphatic carbocycles. The summed E-state index contributed by atoms with van der Waals surface area (Å²) in [5, 5.41) is 0. The number of carbonyl (C=O) groups excluding carboxylic acids is 2. The molecule has 0 atom stereocenters. The largest absolute Gasteiger partial charge is 0.340 e. The SMILES string of the molecule is Cn1ccnc1CN1CCCN(C(=O)CN2C(=O)CSc3ccccc32)CC1. The molecule has 2 aromatic rings. The van der Waals surface area contributed by atoms with Gasteiger partial charge >= 0.3 is 0 Å². The van der Waals surface area contributed by atoms with Gasteiger partial charge in [-0.05, 0) is 18.6 Å². The topological polar surface area (TPSA) is 61.7 Å². The summed E-state index contributed by atoms with van der Waals surface area (Å²) < 4.78 is 2.03. The molecule has 2 aliphatic heterocycles. The van der Waals surface area contributed by atoms with E-state index < -0.39 is 0 Å². The molecule has 0 N–H and O–H groups in total. The summed E-state index contributed by atoms with van der Waals surface area (Å²) in [5.41, 5.74) is 0.850. The van der Waals surface area contributed by atoms with Crippen molar-refractivity contribution in [2.75, 3.05) is 43.4 Å². The summed E-state index contributed by atoms with van der Waals surface area (Å²) in [6.07, 6.45) is 4.69. The van der Waals surface area contributed by atoms with Crippen molar-refractivity contribution in [1.82, 2.24) is 19.4 Å². The third-order valence-corrected chi connectivity index (χ3v) is 6.38. The van der Waals surface area contributed by atoms with Gasteiger partial charge in [0.1, 0.15) is 12.4 Å². The molecule has 0 spiro atoms. The lowest BCUT2D eigenvalue weighted by atomic mass is 10.2. The third kappa shape index (κ3) is 4.07. The van der Waals surface area contributed by atoms with Gasteiger partial charge in [0.25, 0.3) is 0 Å². The number of thioether (sulfide) groups is 1. The molecule has 2 aliphatic rings. The lowest BCUT2D eigenvalue weighted by Gasteiger charge is -2.30. The molecule has 1 fully saturated rings. The van der Waals surface area contributed by atoms with E-state index >= 15 is 0 Å². The van der Waals surface area contributed by atoms with Crippen LogP contribution in [0.5, 0.6) is 0 Å². The second kappa shape index (κ2) is 8.36. The Hall–Kier alpha value is -2.32. The van der Waals surface area contributed by atoms with Crippen LogP contribution in [0.15, 0.2) is 41.6 Å². The number of rotatable bonds is 4. The molecule has 1 saturated heterocycles. The summed E-state index contributed by atoms with van der Waals surface area (Å²) in [6.45, 7) is 4.09. The van der Waals surface area contributed by atoms with Crippen LogP contribution in [0.3, 0.4) is 0 Å². The monoisotopic (exact) mass is 399 g/mol. The molecule has 0 radical (unpaired) electrons. The molecule has 0 saturated carbocycles. The maximum Gasteiger partial charge on any atom is 0.242 e. The van der Waals surface area contributed by atoms with Crippen LogP contribution in [0.2, 0.25) is 0 Å². The Balaban J connectivity index is 1.38. The van der Waals surface area contributed by atoms with Crippen molar-refractivity contribution in [2.24, 2.45) is 7.05 Å². The van der Waals surface area contributed by atoms with Crippen molar-refractivity contribution in [3.63, 3.8) is 0 Å². The maximum atomic E-state index is 12.9. The van der Waals surface area contributed by atoms with Crippen LogP contribution in [-0.2, 0) is 23.2 Å². The van der Waals surface area contributed by atoms with Crippen LogP contribution in [0.1, 0.15) is 12.2 Å². The first kappa shape index (κ1) is 19.0. The Kier molecular flexibility index (Phi) is 5.68. The zero-order valence-corrected chi connectivity index (χ0v) is 16.9. The van der Waals surface area contributed by atoms with E-state index in [2.05, 4.69) is 9.88 Å². The van der Waals surface area contributed by atoms with Crippen LogP contribution < -0.4 is 4.90 Å². The lowest BCUT2D eigenvalue weighted by molar-refractivity contribution is -0.131. The highest BCUT2D eigenvalue weighted by Gasteiger charge is 2.28. The van der Waals surface area contributed by atoms with Gasteiger partial charge < -0.3 is 14.4 Å². The lowest BCUT2D eigenvalue weighted by Crippen LogP contribution is -2.46. The Bertz CT molecular complexity index is 868. The maximum absolute atomic E-state index is 12.9. The van der Waals surface area contributed by atoms with Gasteiger partial charge in [0.2, 0.25) is 11.8 Å². The van der Waals surface area contributed by atoms with Crippen LogP contribution >= 0.6 is 11.8 Å². The Morgan fingerprint density at radius 2 is 2.04 bits per heavy atom. The van der Waals surface area contributed by atoms with Gasteiger partial charge in [0, 0.05) is 50.5 Å². The summed E-state index contributed by atoms with van der Waals surface area (Å²) in [7, 11) is 2.00. The number of anilines is 1. The molecule has 0 unspecified atom stereocenters. The van der Waals surface area contributed by atoms with Gasteiger partial charge in [-0.3, -0.25) is 14.5 Å². The predicted molar refractivity (Wildman–Crippen MR) is 109 cm³/mol. The fourth-order valence-corrected chi connectivity index (χ4v) is 4.63. The normalized spacial score (nSPS) is 18.1. The number of hydrogen-bond acceptors (Lipinski definition) is 5. The number of carbonyl (C=O) groups is 2. The van der Waals surface area contributed by atoms with Crippen molar-refractivity contribution in [2.45, 2.75) is 17.9 Å². The number of imidazole rings is 1. The van der Waals surface area contributed by atoms with Crippen molar-refractivity contribution in [1.29, 1.82) is 0 Å². The molecule has 4 rings (SSSR count). The van der Waals surface area contributed by atoms with Gasteiger partial charge in [0.15, 0.2) is 0 Å². The quantitative estimate of drug-likeness (QED) is 0.781. The molecule has 8 heteroatoms. The molecule has 0 bridgehead atoms. The molecule has 1 aromatic heterocycles. The number of amides is 2. The minimum absolute atomic E-state index is 0.00304. The number of nitrogens with zero attached hydrogens (tertiary/aromatic N) is 5. The first-order valence-electron chi connectivity index (χ1n) is 9.60. The first-order chi connectivity index (χ1) is 13.6. The van der Waals surface area contributed by atoms with Crippen molar-refractivity contribution in [3.05, 3.63) is 42.5 Å². The van der Waals surface area contributed by atoms with E-state index in [0.29, 0.717) is 12.3 Å². The van der Waals surface area contributed by atoms with Gasteiger partial charge in [-0.1, -0.05) is 12.1 Å². The van der Waals surface area contributed by atoms with Crippen LogP contribution in [0, 0.1) is 0 Å². The fourth-order valence-electron chi connectivity index (χ4n) is 3.69. The Labute approximate surface area is 169 Å². The van der Waals surface area contributed by atoms with Gasteiger partial charge in [-0.2, -0.15) is 0 Å². The van der Waals surface area contributed by atoms with Gasteiger partial charge in [-0.15, -0.1) is 11.8 Å². The molecule has 148 valence electrons. The van der Waals surface area contributed by atoms with Crippen LogP contribution in [0.4, 0.5) is 5.69 Å². The van der Waals surface area contributed by atoms with E-state index in [9.17, 15) is 9.59 Å². The highest BCUT2D eigenvalue weighted by molar-refractivity contribution is 8.00. The van der Waals surface area contributed by atoms with E-state index in [1.54, 1.807) is 4.90 Å². The Morgan fingerprint density at radius 3 is 2.86 bits per heavy atom. The van der Waals surface area contributed by atoms with Crippen molar-refractivity contribution in [3.8, 4) is 0 Å². The minimum Gasteiger partial charge on any atom is -0.340 e. The van der Waals surface area contributed by atoms with E-state index in [0.717, 1.165) is 49.0 Å². The number of para-hydroxylation sites is 1. The van der Waals surface area contributed by atoms with E-state index in [1.165, 1.54) is 11.8 Å². The predicted octanol–water partition coefficient (Wildman–Crippen LogP) is 1.59. The first-order valence-corrected chi connectivity index (χ1v) is 10.6. The van der Waals surface area contributed by atoms with E-state index in [1.807, 2.05) is 53.2 Å². The number of aromatic nitrogens is 2. The third-order valence-electron chi connectivity index (χ3n) is 5.33. The second-order valence-corrected chi connectivity index (χ2v) is 8.22. The van der Waals surface area contributed by atoms with E-state index in [4.69, 9.17) is 0 Å². The highest BCUT2D eigenvalue weighted by Crippen LogP contribution is 2.34. The summed E-state index contributed by atoms with van der Waals surface area (Å²) in [5.74, 6) is 1.45. The Morgan fingerprint density at radius 1 is 1.18 bits per heavy atom. The van der Waals surface area contributed by atoms with Crippen molar-refractivity contribution < 1.29 is 9.59 Å². The van der Waals surface area contributed by atoms with Gasteiger partial charge in [-0.25, -0.2) is 4.98 Å². The smallest absolute Gasteiger partial charge is 0.242 e. The van der Waals surface area contributed by atoms with E-state index in [-0.39, 0.29) is 18.4 Å². The summed E-state index contributed by atoms with van der Waals surface area (Å²) >= 11 is 1.54. The molecular formula is C20H25N5O2S. The highest BCUT2D eigenvalue weighted by atomic mass is 32.2. The second-order valence-electron chi connectivity index (χ2n) is 7.20. The van der Waals surface area contributed by atoms with Crippen LogP contribution in [-0.4, -0.2) is 69.6 Å². The average molecular weight is 400 g/mol. The molecular weight excluding hydrogens is 374 g/mol. The van der Waals surface area contributed by atoms with Crippen molar-refractivity contribution >= 4 is 29.3 Å².